The second-order valence-corrected chi connectivity index (χ2v) is 9.72. The van der Waals surface area contributed by atoms with Crippen molar-refractivity contribution in [3.8, 4) is 0 Å². The molecule has 0 unspecified atom stereocenters. The molecule has 0 bridgehead atoms. The first kappa shape index (κ1) is 23.8. The van der Waals surface area contributed by atoms with Crippen molar-refractivity contribution in [1.29, 1.82) is 0 Å². The molecule has 0 spiro atoms. The molecule has 0 atom stereocenters. The molecule has 130 valence electrons. The predicted molar refractivity (Wildman–Crippen MR) is 110 cm³/mol. The Balaban J connectivity index is 0.000000406. The molecule has 24 heavy (non-hydrogen) atoms. The van der Waals surface area contributed by atoms with Gasteiger partial charge in [-0.15, -0.1) is 45.3 Å². The van der Waals surface area contributed by atoms with E-state index in [0.717, 1.165) is 9.52 Å². The minimum Gasteiger partial charge on any atom is -0.126 e. The molecule has 0 aliphatic heterocycles. The zero-order valence-electron chi connectivity index (χ0n) is 15.0. The number of nitrogens with one attached hydrogen (secondary N) is 1. The van der Waals surface area contributed by atoms with E-state index >= 15 is 0 Å². The fraction of sp³-hybridized carbons (Fsp3) is 0.316. The summed E-state index contributed by atoms with van der Waals surface area (Å²) in [5.74, 6) is 0. The van der Waals surface area contributed by atoms with E-state index in [1.165, 1.54) is 21.5 Å². The molecule has 0 fully saturated rings. The normalized spacial score (nSPS) is 9.83. The molecule has 0 aliphatic carbocycles. The molecule has 0 heterocycles. The molecule has 1 N–H and O–H groups in total. The number of benzene rings is 2. The van der Waals surface area contributed by atoms with Crippen molar-refractivity contribution >= 4 is 49.7 Å². The zero-order valence-corrected chi connectivity index (χ0v) is 19.0. The maximum absolute atomic E-state index is 6.94. The van der Waals surface area contributed by atoms with Gasteiger partial charge in [0, 0.05) is 9.52 Å². The van der Waals surface area contributed by atoms with Crippen LogP contribution < -0.4 is 0 Å². The smallest absolute Gasteiger partial charge is 0.0771 e. The first-order valence-corrected chi connectivity index (χ1v) is 13.9. The summed E-state index contributed by atoms with van der Waals surface area (Å²) >= 11 is -0.556. The molecule has 5 heteroatoms. The Morgan fingerprint density at radius 2 is 1.12 bits per heavy atom. The van der Waals surface area contributed by atoms with E-state index in [0.29, 0.717) is 0 Å². The molecule has 0 aliphatic rings. The van der Waals surface area contributed by atoms with Crippen molar-refractivity contribution in [1.82, 2.24) is 0 Å². The number of hydrogen-bond donors (Lipinski definition) is 0. The van der Waals surface area contributed by atoms with Crippen molar-refractivity contribution in [2.45, 2.75) is 39.4 Å². The van der Waals surface area contributed by atoms with Gasteiger partial charge < -0.3 is 5.73 Å². The van der Waals surface area contributed by atoms with E-state index < -0.39 is 17.0 Å². The van der Waals surface area contributed by atoms with Gasteiger partial charge in [-0.3, -0.25) is 0 Å². The first-order chi connectivity index (χ1) is 11.3. The average molecular weight is 414 g/mol. The van der Waals surface area contributed by atoms with Crippen molar-refractivity contribution in [2.75, 3.05) is 0 Å². The van der Waals surface area contributed by atoms with Crippen LogP contribution in [0.3, 0.4) is 0 Å². The maximum Gasteiger partial charge on any atom is -0.0771 e. The fourth-order valence-corrected chi connectivity index (χ4v) is 1.90. The Morgan fingerprint density at radius 1 is 0.875 bits per heavy atom. The quantitative estimate of drug-likeness (QED) is 0.266. The Bertz CT molecular complexity index is 634. The maximum atomic E-state index is 6.94. The zero-order chi connectivity index (χ0) is 18.6. The van der Waals surface area contributed by atoms with Crippen LogP contribution >= 0.6 is 18.6 Å². The molecule has 1 nitrogen and oxygen atoms in total. The van der Waals surface area contributed by atoms with Crippen LogP contribution in [0.15, 0.2) is 54.6 Å². The summed E-state index contributed by atoms with van der Waals surface area (Å²) in [6, 6.07) is 19.3. The summed E-state index contributed by atoms with van der Waals surface area (Å²) in [4.78, 5) is 0. The third-order valence-corrected chi connectivity index (χ3v) is 2.52. The minimum absolute atomic E-state index is 0.250. The van der Waals surface area contributed by atoms with Crippen molar-refractivity contribution < 1.29 is 17.0 Å². The minimum atomic E-state index is -0.556. The number of hydrogen-bond acceptors (Lipinski definition) is 0. The van der Waals surface area contributed by atoms with Crippen molar-refractivity contribution in [2.24, 2.45) is 0 Å². The summed E-state index contributed by atoms with van der Waals surface area (Å²) in [6.45, 7) is 9.87. The summed E-state index contributed by atoms with van der Waals surface area (Å²) in [5, 5.41) is 5.39. The van der Waals surface area contributed by atoms with Gasteiger partial charge in [0.05, 0.1) is 0 Å². The SMILES string of the molecule is CC(C)(C)[NH-].C[Si]C.[Cl][Ti][Cl].c1ccc2c(c1)[cH-]c1ccccc12. The average Bonchev–Trinajstić information content (AvgIpc) is 2.86. The number of halogens is 2. The van der Waals surface area contributed by atoms with Crippen LogP contribution in [0, 0.1) is 0 Å². The Hall–Kier alpha value is -0.219. The van der Waals surface area contributed by atoms with Crippen molar-refractivity contribution in [3.63, 3.8) is 0 Å². The van der Waals surface area contributed by atoms with Gasteiger partial charge in [-0.25, -0.2) is 0 Å². The van der Waals surface area contributed by atoms with Gasteiger partial charge in [-0.2, -0.15) is 0 Å². The van der Waals surface area contributed by atoms with Crippen LogP contribution in [0.5, 0.6) is 0 Å². The number of fused-ring (bicyclic) bond motifs is 3. The summed E-state index contributed by atoms with van der Waals surface area (Å²) in [5.41, 5.74) is 6.69. The molecule has 0 saturated carbocycles. The summed E-state index contributed by atoms with van der Waals surface area (Å²) < 4.78 is 0. The van der Waals surface area contributed by atoms with Crippen LogP contribution in [0.1, 0.15) is 20.8 Å². The van der Waals surface area contributed by atoms with E-state index in [1.54, 1.807) is 0 Å². The molecule has 3 aromatic carbocycles. The van der Waals surface area contributed by atoms with E-state index in [2.05, 4.69) is 67.7 Å². The van der Waals surface area contributed by atoms with Gasteiger partial charge >= 0.3 is 35.6 Å². The van der Waals surface area contributed by atoms with Crippen LogP contribution in [-0.4, -0.2) is 15.1 Å². The Morgan fingerprint density at radius 3 is 1.42 bits per heavy atom. The van der Waals surface area contributed by atoms with Crippen LogP contribution in [0.25, 0.3) is 27.3 Å². The third-order valence-electron chi connectivity index (χ3n) is 2.52. The first-order valence-electron chi connectivity index (χ1n) is 7.61. The van der Waals surface area contributed by atoms with Gasteiger partial charge in [-0.05, 0) is 0 Å². The van der Waals surface area contributed by atoms with E-state index in [4.69, 9.17) is 24.3 Å². The summed E-state index contributed by atoms with van der Waals surface area (Å²) in [6.07, 6.45) is 0. The molecular formula is C19H25Cl2NSiTi-2. The second-order valence-electron chi connectivity index (χ2n) is 6.14. The molecular weight excluding hydrogens is 389 g/mol. The van der Waals surface area contributed by atoms with Crippen LogP contribution in [-0.2, 0) is 17.0 Å². The molecule has 0 aromatic heterocycles. The molecule has 2 radical (unpaired) electrons. The molecule has 0 amide bonds. The van der Waals surface area contributed by atoms with Gasteiger partial charge in [0.15, 0.2) is 0 Å². The second kappa shape index (κ2) is 13.0. The molecule has 3 rings (SSSR count). The van der Waals surface area contributed by atoms with E-state index in [9.17, 15) is 0 Å². The van der Waals surface area contributed by atoms with Crippen LogP contribution in [0.2, 0.25) is 13.1 Å². The topological polar surface area (TPSA) is 23.8 Å². The summed E-state index contributed by atoms with van der Waals surface area (Å²) in [7, 11) is 10.9. The fourth-order valence-electron chi connectivity index (χ4n) is 1.90. The third kappa shape index (κ3) is 10.6. The molecule has 0 saturated heterocycles. The standard InChI is InChI=1S/C13H9.C4H10N.C2H6Si.2ClH.Ti/c1-3-7-12-10(5-1)9-11-6-2-4-8-13(11)12;1-4(2,3)5;1-3-2;;;/h1-9H;5H,1-3H3;1-2H3;2*1H;/q2*-1;;;;+2/p-2. The predicted octanol–water partition coefficient (Wildman–Crippen LogP) is 7.71. The number of rotatable bonds is 0. The van der Waals surface area contributed by atoms with Crippen molar-refractivity contribution in [3.05, 3.63) is 60.3 Å². The van der Waals surface area contributed by atoms with Gasteiger partial charge in [-0.1, -0.05) is 70.3 Å². The van der Waals surface area contributed by atoms with Gasteiger partial charge in [0.25, 0.3) is 0 Å². The molecule has 3 aromatic rings. The van der Waals surface area contributed by atoms with Crippen LogP contribution in [0.4, 0.5) is 0 Å². The monoisotopic (exact) mass is 413 g/mol. The van der Waals surface area contributed by atoms with E-state index in [1.807, 2.05) is 20.8 Å². The van der Waals surface area contributed by atoms with Gasteiger partial charge in [0.2, 0.25) is 0 Å². The largest absolute Gasteiger partial charge is 0.126 e. The van der Waals surface area contributed by atoms with E-state index in [-0.39, 0.29) is 5.54 Å². The Kier molecular flexibility index (Phi) is 12.9. The Labute approximate surface area is 165 Å². The van der Waals surface area contributed by atoms with Gasteiger partial charge in [0.1, 0.15) is 0 Å².